The summed E-state index contributed by atoms with van der Waals surface area (Å²) in [6, 6.07) is 11.7. The number of aromatic nitrogens is 2. The highest BCUT2D eigenvalue weighted by Crippen LogP contribution is 2.66. The number of aromatic amines is 1. The molecule has 4 aliphatic carbocycles. The van der Waals surface area contributed by atoms with Crippen LogP contribution in [-0.4, -0.2) is 76.5 Å². The van der Waals surface area contributed by atoms with Crippen molar-refractivity contribution >= 4 is 28.4 Å². The lowest BCUT2D eigenvalue weighted by Gasteiger charge is -2.60. The fourth-order valence-corrected chi connectivity index (χ4v) is 11.9. The highest BCUT2D eigenvalue weighted by molar-refractivity contribution is 5.95. The number of amides is 2. The number of fused-ring (bicyclic) bond motifs is 6. The van der Waals surface area contributed by atoms with Gasteiger partial charge in [0.15, 0.2) is 0 Å². The Bertz CT molecular complexity index is 1990. The molecule has 5 fully saturated rings. The number of Topliss-reactive ketones (excluding diaryl/α,β-unsaturated/α-hetero) is 1. The number of rotatable bonds is 10. The maximum Gasteiger partial charge on any atom is 0.272 e. The minimum atomic E-state index is -0.583. The van der Waals surface area contributed by atoms with Crippen LogP contribution in [0.1, 0.15) is 119 Å². The first-order valence-corrected chi connectivity index (χ1v) is 21.0. The van der Waals surface area contributed by atoms with Crippen molar-refractivity contribution in [2.75, 3.05) is 32.8 Å². The maximum absolute atomic E-state index is 15.0. The first kappa shape index (κ1) is 38.0. The quantitative estimate of drug-likeness (QED) is 0.215. The SMILES string of the molecule is C[C@]12CCC(=O)C[C@@H]1CC[C@@H]1[C@@H]2CC[C@]2(C)C(OCCCCCC(=O)N3CCN(C(=O)c4cc(Cc5n[nH]c(=O)c6ccccc56)ccc4F)CC3)CC[C@@H]12. The van der Waals surface area contributed by atoms with E-state index in [0.29, 0.717) is 78.9 Å². The average Bonchev–Trinajstić information content (AvgIpc) is 3.54. The summed E-state index contributed by atoms with van der Waals surface area (Å²) in [6.07, 6.45) is 14.0. The molecular weight excluding hydrogens is 696 g/mol. The predicted molar refractivity (Wildman–Crippen MR) is 209 cm³/mol. The number of H-pyrrole nitrogens is 1. The molecule has 1 unspecified atom stereocenters. The van der Waals surface area contributed by atoms with Crippen LogP contribution in [0.3, 0.4) is 0 Å². The molecule has 55 heavy (non-hydrogen) atoms. The molecular formula is C45H57FN4O5. The molecule has 294 valence electrons. The van der Waals surface area contributed by atoms with Crippen LogP contribution in [0, 0.1) is 40.3 Å². The van der Waals surface area contributed by atoms with Crippen molar-refractivity contribution in [3.8, 4) is 0 Å². The van der Waals surface area contributed by atoms with Crippen LogP contribution < -0.4 is 5.56 Å². The van der Waals surface area contributed by atoms with E-state index in [1.54, 1.807) is 29.2 Å². The molecule has 9 nitrogen and oxygen atoms in total. The Morgan fingerprint density at radius 2 is 1.64 bits per heavy atom. The summed E-state index contributed by atoms with van der Waals surface area (Å²) in [7, 11) is 0. The Morgan fingerprint density at radius 1 is 0.873 bits per heavy atom. The Morgan fingerprint density at radius 3 is 2.45 bits per heavy atom. The van der Waals surface area contributed by atoms with Gasteiger partial charge in [-0.25, -0.2) is 9.49 Å². The van der Waals surface area contributed by atoms with Crippen LogP contribution in [0.4, 0.5) is 4.39 Å². The minimum Gasteiger partial charge on any atom is -0.378 e. The summed E-state index contributed by atoms with van der Waals surface area (Å²) >= 11 is 0. The molecule has 0 spiro atoms. The molecule has 10 heteroatoms. The third-order valence-electron chi connectivity index (χ3n) is 15.1. The van der Waals surface area contributed by atoms with Crippen LogP contribution in [0.25, 0.3) is 10.8 Å². The molecule has 0 radical (unpaired) electrons. The van der Waals surface area contributed by atoms with Crippen molar-refractivity contribution in [2.24, 2.45) is 34.5 Å². The smallest absolute Gasteiger partial charge is 0.272 e. The molecule has 1 aliphatic heterocycles. The number of halogens is 1. The summed E-state index contributed by atoms with van der Waals surface area (Å²) in [5, 5.41) is 8.01. The van der Waals surface area contributed by atoms with Gasteiger partial charge in [0, 0.05) is 63.9 Å². The first-order chi connectivity index (χ1) is 26.5. The van der Waals surface area contributed by atoms with Crippen molar-refractivity contribution in [1.29, 1.82) is 0 Å². The second-order valence-electron chi connectivity index (χ2n) is 17.9. The molecule has 7 atom stereocenters. The summed E-state index contributed by atoms with van der Waals surface area (Å²) in [4.78, 5) is 54.5. The third kappa shape index (κ3) is 7.28. The van der Waals surface area contributed by atoms with E-state index in [1.165, 1.54) is 38.2 Å². The third-order valence-corrected chi connectivity index (χ3v) is 15.1. The van der Waals surface area contributed by atoms with Crippen molar-refractivity contribution in [3.05, 3.63) is 75.5 Å². The average molecular weight is 753 g/mol. The molecule has 0 bridgehead atoms. The molecule has 3 aromatic rings. The number of hydrogen-bond acceptors (Lipinski definition) is 6. The second kappa shape index (κ2) is 15.5. The Hall–Kier alpha value is -3.92. The topological polar surface area (TPSA) is 113 Å². The van der Waals surface area contributed by atoms with Gasteiger partial charge in [-0.1, -0.05) is 44.5 Å². The lowest BCUT2D eigenvalue weighted by Crippen LogP contribution is -2.54. The molecule has 2 heterocycles. The monoisotopic (exact) mass is 752 g/mol. The fraction of sp³-hybridized carbons (Fsp3) is 0.622. The van der Waals surface area contributed by atoms with Gasteiger partial charge in [0.1, 0.15) is 11.6 Å². The van der Waals surface area contributed by atoms with Crippen LogP contribution in [0.15, 0.2) is 47.3 Å². The van der Waals surface area contributed by atoms with Gasteiger partial charge in [-0.2, -0.15) is 5.10 Å². The van der Waals surface area contributed by atoms with Gasteiger partial charge in [0.2, 0.25) is 5.91 Å². The number of hydrogen-bond donors (Lipinski definition) is 1. The van der Waals surface area contributed by atoms with Crippen LogP contribution >= 0.6 is 0 Å². The predicted octanol–water partition coefficient (Wildman–Crippen LogP) is 7.49. The lowest BCUT2D eigenvalue weighted by atomic mass is 9.45. The number of carbonyl (C=O) groups excluding carboxylic acids is 3. The number of unbranched alkanes of at least 4 members (excludes halogenated alkanes) is 2. The van der Waals surface area contributed by atoms with Crippen LogP contribution in [0.5, 0.6) is 0 Å². The number of piperazine rings is 1. The van der Waals surface area contributed by atoms with Crippen LogP contribution in [-0.2, 0) is 20.7 Å². The molecule has 1 aromatic heterocycles. The summed E-state index contributed by atoms with van der Waals surface area (Å²) in [6.45, 7) is 7.34. The van der Waals surface area contributed by atoms with E-state index in [1.807, 2.05) is 17.0 Å². The van der Waals surface area contributed by atoms with Gasteiger partial charge in [-0.05, 0) is 116 Å². The molecule has 1 saturated heterocycles. The lowest BCUT2D eigenvalue weighted by molar-refractivity contribution is -0.145. The molecule has 2 amide bonds. The highest BCUT2D eigenvalue weighted by Gasteiger charge is 2.60. The number of nitrogens with one attached hydrogen (secondary N) is 1. The normalized spacial score (nSPS) is 30.5. The number of carbonyl (C=O) groups is 3. The van der Waals surface area contributed by atoms with E-state index >= 15 is 0 Å². The number of ketones is 1. The van der Waals surface area contributed by atoms with Crippen molar-refractivity contribution < 1.29 is 23.5 Å². The summed E-state index contributed by atoms with van der Waals surface area (Å²) < 4.78 is 21.6. The molecule has 8 rings (SSSR count). The summed E-state index contributed by atoms with van der Waals surface area (Å²) in [5.74, 6) is 2.49. The van der Waals surface area contributed by atoms with Gasteiger partial charge < -0.3 is 14.5 Å². The van der Waals surface area contributed by atoms with Gasteiger partial charge in [0.25, 0.3) is 11.5 Å². The van der Waals surface area contributed by atoms with E-state index in [4.69, 9.17) is 4.74 Å². The van der Waals surface area contributed by atoms with Crippen molar-refractivity contribution in [2.45, 2.75) is 110 Å². The summed E-state index contributed by atoms with van der Waals surface area (Å²) in [5.41, 5.74) is 1.69. The Balaban J connectivity index is 0.761. The zero-order valence-corrected chi connectivity index (χ0v) is 32.6. The minimum absolute atomic E-state index is 0.00249. The van der Waals surface area contributed by atoms with E-state index < -0.39 is 5.82 Å². The van der Waals surface area contributed by atoms with E-state index in [0.717, 1.165) is 74.7 Å². The first-order valence-electron chi connectivity index (χ1n) is 21.0. The number of benzene rings is 2. The standard InChI is InChI=1S/C45H57FN4O5/c1-44-19-17-31(51)28-30(44)12-13-34-36-14-16-40(45(36,2)20-18-37(34)44)55-25-7-3-4-10-41(52)49-21-23-50(24-22-49)43(54)35-26-29(11-15-38(35)46)27-39-32-8-5-6-9-33(32)42(53)48-47-39/h5-6,8-9,11,15,26,30,34,36-37,40H,3-4,7,10,12-14,16-25,27-28H2,1-2H3,(H,48,53)/t30-,34-,36-,37-,40?,44-,45-/m0/s1. The highest BCUT2D eigenvalue weighted by atomic mass is 19.1. The Labute approximate surface area is 323 Å². The largest absolute Gasteiger partial charge is 0.378 e. The maximum atomic E-state index is 15.0. The number of nitrogens with zero attached hydrogens (tertiary/aromatic N) is 3. The van der Waals surface area contributed by atoms with Crippen molar-refractivity contribution in [3.63, 3.8) is 0 Å². The zero-order chi connectivity index (χ0) is 38.3. The molecule has 4 saturated carbocycles. The zero-order valence-electron chi connectivity index (χ0n) is 32.6. The van der Waals surface area contributed by atoms with E-state index in [-0.39, 0.29) is 28.4 Å². The molecule has 5 aliphatic rings. The van der Waals surface area contributed by atoms with Crippen LogP contribution in [0.2, 0.25) is 0 Å². The van der Waals surface area contributed by atoms with E-state index in [9.17, 15) is 23.6 Å². The van der Waals surface area contributed by atoms with Gasteiger partial charge >= 0.3 is 0 Å². The van der Waals surface area contributed by atoms with E-state index in [2.05, 4.69) is 24.0 Å². The van der Waals surface area contributed by atoms with Gasteiger partial charge in [-0.3, -0.25) is 19.2 Å². The van der Waals surface area contributed by atoms with Gasteiger partial charge in [0.05, 0.1) is 22.7 Å². The Kier molecular flexibility index (Phi) is 10.7. The van der Waals surface area contributed by atoms with Crippen molar-refractivity contribution in [1.82, 2.24) is 20.0 Å². The molecule has 1 N–H and O–H groups in total. The second-order valence-corrected chi connectivity index (χ2v) is 17.9. The fourth-order valence-electron chi connectivity index (χ4n) is 11.9. The van der Waals surface area contributed by atoms with Gasteiger partial charge in [-0.15, -0.1) is 0 Å². The molecule has 2 aromatic carbocycles. The number of ether oxygens (including phenoxy) is 1.